The highest BCUT2D eigenvalue weighted by atomic mass is 32.1. The zero-order chi connectivity index (χ0) is 23.1. The Bertz CT molecular complexity index is 1950. The van der Waals surface area contributed by atoms with Crippen LogP contribution in [0.4, 0.5) is 0 Å². The molecule has 7 rings (SSSR count). The average molecular weight is 457 g/mol. The number of phenols is 3. The molecule has 2 aromatic heterocycles. The van der Waals surface area contributed by atoms with E-state index in [0.29, 0.717) is 10.1 Å². The number of nitrogens with zero attached hydrogens (tertiary/aromatic N) is 1. The maximum absolute atomic E-state index is 11.0. The first kappa shape index (κ1) is 19.3. The molecule has 0 saturated carbocycles. The maximum Gasteiger partial charge on any atom is 0.166 e. The van der Waals surface area contributed by atoms with Crippen molar-refractivity contribution in [2.75, 3.05) is 0 Å². The molecule has 34 heavy (non-hydrogen) atoms. The van der Waals surface area contributed by atoms with E-state index in [1.165, 1.54) is 11.3 Å². The third-order valence-corrected chi connectivity index (χ3v) is 7.89. The summed E-state index contributed by atoms with van der Waals surface area (Å²) in [6, 6.07) is 26.5. The molecule has 2 radical (unpaired) electrons. The second-order valence-electron chi connectivity index (χ2n) is 8.43. The van der Waals surface area contributed by atoms with Gasteiger partial charge >= 0.3 is 0 Å². The second-order valence-corrected chi connectivity index (χ2v) is 9.45. The Hall–Kier alpha value is -4.16. The van der Waals surface area contributed by atoms with Crippen molar-refractivity contribution in [2.24, 2.45) is 0 Å². The number of para-hydroxylation sites is 2. The van der Waals surface area contributed by atoms with Crippen LogP contribution < -0.4 is 5.46 Å². The average Bonchev–Trinajstić information content (AvgIpc) is 3.44. The molecule has 2 heterocycles. The molecule has 6 heteroatoms. The Kier molecular flexibility index (Phi) is 3.80. The Morgan fingerprint density at radius 3 is 2.00 bits per heavy atom. The summed E-state index contributed by atoms with van der Waals surface area (Å²) in [5.41, 5.74) is 2.84. The third-order valence-electron chi connectivity index (χ3n) is 6.66. The predicted molar refractivity (Wildman–Crippen MR) is 142 cm³/mol. The van der Waals surface area contributed by atoms with Gasteiger partial charge in [0.2, 0.25) is 0 Å². The topological polar surface area (TPSA) is 65.6 Å². The smallest absolute Gasteiger partial charge is 0.166 e. The van der Waals surface area contributed by atoms with Crippen molar-refractivity contribution in [3.05, 3.63) is 78.9 Å². The zero-order valence-corrected chi connectivity index (χ0v) is 18.6. The fraction of sp³-hybridized carbons (Fsp3) is 0. The minimum Gasteiger partial charge on any atom is -0.507 e. The number of thiophene rings is 1. The van der Waals surface area contributed by atoms with E-state index in [1.54, 1.807) is 0 Å². The van der Waals surface area contributed by atoms with Gasteiger partial charge in [0.1, 0.15) is 13.6 Å². The molecule has 3 N–H and O–H groups in total. The number of aromatic nitrogens is 1. The van der Waals surface area contributed by atoms with Crippen molar-refractivity contribution >= 4 is 77.4 Å². The van der Waals surface area contributed by atoms with Crippen molar-refractivity contribution in [3.63, 3.8) is 0 Å². The lowest BCUT2D eigenvalue weighted by Gasteiger charge is -2.11. The molecule has 5 aromatic carbocycles. The minimum absolute atomic E-state index is 0.212. The van der Waals surface area contributed by atoms with Gasteiger partial charge in [0.15, 0.2) is 11.5 Å². The standard InChI is InChI=1S/C28H16BNO3S/c29-22-25(32)24(31)21-20-19-17-12-6-7-13-18(17)30(14-8-2-1-3-9-14)23(19)15-10-4-5-11-16(15)27(20)34-28(21)26(22)33/h1-13,31-33H. The van der Waals surface area contributed by atoms with Crippen LogP contribution in [0.5, 0.6) is 17.2 Å². The maximum atomic E-state index is 11.0. The van der Waals surface area contributed by atoms with Gasteiger partial charge in [-0.15, -0.1) is 11.3 Å². The molecule has 0 unspecified atom stereocenters. The number of fused-ring (bicyclic) bond motifs is 10. The van der Waals surface area contributed by atoms with Crippen molar-refractivity contribution < 1.29 is 15.3 Å². The van der Waals surface area contributed by atoms with E-state index in [4.69, 9.17) is 7.85 Å². The minimum atomic E-state index is -0.502. The Morgan fingerprint density at radius 1 is 0.588 bits per heavy atom. The van der Waals surface area contributed by atoms with E-state index in [9.17, 15) is 15.3 Å². The lowest BCUT2D eigenvalue weighted by molar-refractivity contribution is 0.407. The first-order valence-electron chi connectivity index (χ1n) is 10.9. The van der Waals surface area contributed by atoms with Crippen molar-refractivity contribution in [1.82, 2.24) is 4.57 Å². The number of benzene rings is 5. The van der Waals surface area contributed by atoms with Gasteiger partial charge in [-0.25, -0.2) is 0 Å². The first-order chi connectivity index (χ1) is 16.6. The van der Waals surface area contributed by atoms with Crippen molar-refractivity contribution in [1.29, 1.82) is 0 Å². The normalized spacial score (nSPS) is 12.0. The Balaban J connectivity index is 1.90. The summed E-state index contributed by atoms with van der Waals surface area (Å²) in [6.07, 6.45) is 0. The summed E-state index contributed by atoms with van der Waals surface area (Å²) in [5, 5.41) is 37.6. The van der Waals surface area contributed by atoms with Gasteiger partial charge in [0, 0.05) is 37.3 Å². The molecule has 0 spiro atoms. The number of hydrogen-bond donors (Lipinski definition) is 3. The van der Waals surface area contributed by atoms with Gasteiger partial charge in [-0.2, -0.15) is 0 Å². The van der Waals surface area contributed by atoms with E-state index in [2.05, 4.69) is 41.0 Å². The van der Waals surface area contributed by atoms with E-state index in [0.717, 1.165) is 48.4 Å². The molecule has 0 saturated heterocycles. The van der Waals surface area contributed by atoms with Gasteiger partial charge < -0.3 is 19.9 Å². The van der Waals surface area contributed by atoms with Crippen LogP contribution in [0.15, 0.2) is 78.9 Å². The molecule has 160 valence electrons. The van der Waals surface area contributed by atoms with E-state index in [-0.39, 0.29) is 17.0 Å². The Morgan fingerprint density at radius 2 is 1.24 bits per heavy atom. The van der Waals surface area contributed by atoms with Crippen LogP contribution in [0.25, 0.3) is 58.4 Å². The van der Waals surface area contributed by atoms with Crippen LogP contribution in [0, 0.1) is 0 Å². The molecular weight excluding hydrogens is 441 g/mol. The fourth-order valence-electron chi connectivity index (χ4n) is 5.21. The second kappa shape index (κ2) is 6.68. The fourth-order valence-corrected chi connectivity index (χ4v) is 6.52. The molecule has 0 amide bonds. The quantitative estimate of drug-likeness (QED) is 0.156. The lowest BCUT2D eigenvalue weighted by atomic mass is 9.91. The highest BCUT2D eigenvalue weighted by Crippen LogP contribution is 2.52. The van der Waals surface area contributed by atoms with Crippen molar-refractivity contribution in [3.8, 4) is 22.9 Å². The molecule has 0 atom stereocenters. The zero-order valence-electron chi connectivity index (χ0n) is 17.8. The highest BCUT2D eigenvalue weighted by molar-refractivity contribution is 7.27. The van der Waals surface area contributed by atoms with Gasteiger partial charge in [0.25, 0.3) is 0 Å². The van der Waals surface area contributed by atoms with Crippen LogP contribution in [0.2, 0.25) is 0 Å². The summed E-state index contributed by atoms with van der Waals surface area (Å²) in [5.74, 6) is -1.03. The molecule has 0 aliphatic carbocycles. The molecule has 0 aliphatic heterocycles. The third kappa shape index (κ3) is 2.28. The highest BCUT2D eigenvalue weighted by Gasteiger charge is 2.26. The van der Waals surface area contributed by atoms with Crippen LogP contribution in [-0.2, 0) is 0 Å². The summed E-state index contributed by atoms with van der Waals surface area (Å²) in [4.78, 5) is 0. The SMILES string of the molecule is [B]c1c(O)c(O)c2c(sc3c4ccccc4c4c(c5ccccc5n4-c4ccccc4)c32)c1O. The number of hydrogen-bond acceptors (Lipinski definition) is 4. The number of rotatable bonds is 1. The molecule has 7 aromatic rings. The number of aromatic hydroxyl groups is 3. The van der Waals surface area contributed by atoms with Gasteiger partial charge in [-0.3, -0.25) is 0 Å². The summed E-state index contributed by atoms with van der Waals surface area (Å²) < 4.78 is 3.62. The van der Waals surface area contributed by atoms with E-state index in [1.807, 2.05) is 42.5 Å². The van der Waals surface area contributed by atoms with Crippen LogP contribution in [0.1, 0.15) is 0 Å². The van der Waals surface area contributed by atoms with Gasteiger partial charge in [0.05, 0.1) is 21.1 Å². The first-order valence-corrected chi connectivity index (χ1v) is 11.7. The van der Waals surface area contributed by atoms with Gasteiger partial charge in [-0.05, 0) is 23.7 Å². The summed E-state index contributed by atoms with van der Waals surface area (Å²) >= 11 is 1.37. The number of phenolic OH excluding ortho intramolecular Hbond substituents is 3. The summed E-state index contributed by atoms with van der Waals surface area (Å²) in [7, 11) is 5.91. The lowest BCUT2D eigenvalue weighted by Crippen LogP contribution is -2.03. The molecule has 0 fully saturated rings. The molecule has 0 aliphatic rings. The largest absolute Gasteiger partial charge is 0.507 e. The van der Waals surface area contributed by atoms with Crippen LogP contribution in [0.3, 0.4) is 0 Å². The van der Waals surface area contributed by atoms with E-state index >= 15 is 0 Å². The monoisotopic (exact) mass is 457 g/mol. The predicted octanol–water partition coefficient (Wildman–Crippen LogP) is 6.22. The van der Waals surface area contributed by atoms with Crippen LogP contribution in [-0.4, -0.2) is 27.7 Å². The molecular formula is C28H16BNO3S. The summed E-state index contributed by atoms with van der Waals surface area (Å²) in [6.45, 7) is 0. The molecule has 0 bridgehead atoms. The van der Waals surface area contributed by atoms with Crippen LogP contribution >= 0.6 is 11.3 Å². The Labute approximate surface area is 198 Å². The van der Waals surface area contributed by atoms with Crippen molar-refractivity contribution in [2.45, 2.75) is 0 Å². The van der Waals surface area contributed by atoms with E-state index < -0.39 is 5.75 Å². The van der Waals surface area contributed by atoms with Gasteiger partial charge in [-0.1, -0.05) is 60.7 Å². The molecule has 4 nitrogen and oxygen atoms in total.